The second-order valence-corrected chi connectivity index (χ2v) is 9.38. The molecule has 2 atom stereocenters. The van der Waals surface area contributed by atoms with E-state index in [1.54, 1.807) is 52.1 Å². The van der Waals surface area contributed by atoms with Gasteiger partial charge >= 0.3 is 0 Å². The van der Waals surface area contributed by atoms with Crippen molar-refractivity contribution in [1.29, 1.82) is 0 Å². The van der Waals surface area contributed by atoms with E-state index in [1.165, 1.54) is 0 Å². The molecule has 3 amide bonds. The average molecular weight is 474 g/mol. The number of nitrogens with one attached hydrogen (secondary N) is 3. The van der Waals surface area contributed by atoms with E-state index in [2.05, 4.69) is 16.0 Å². The molecular weight excluding hydrogens is 444 g/mol. The van der Waals surface area contributed by atoms with Gasteiger partial charge in [0.15, 0.2) is 0 Å². The molecule has 2 aromatic carbocycles. The molecule has 1 unspecified atom stereocenters. The van der Waals surface area contributed by atoms with Gasteiger partial charge in [-0.3, -0.25) is 14.4 Å². The van der Waals surface area contributed by atoms with Crippen molar-refractivity contribution in [1.82, 2.24) is 10.6 Å². The van der Waals surface area contributed by atoms with Crippen LogP contribution >= 0.6 is 0 Å². The number of anilines is 1. The topological polar surface area (TPSA) is 96.5 Å². The van der Waals surface area contributed by atoms with Crippen LogP contribution in [-0.2, 0) is 31.1 Å². The second kappa shape index (κ2) is 10.3. The Labute approximate surface area is 197 Å². The number of methoxy groups -OCH3 is 1. The van der Waals surface area contributed by atoms with Gasteiger partial charge in [-0.2, -0.15) is 0 Å². The lowest BCUT2D eigenvalue weighted by molar-refractivity contribution is -0.129. The first-order valence-electron chi connectivity index (χ1n) is 10.9. The van der Waals surface area contributed by atoms with E-state index in [1.807, 2.05) is 0 Å². The fourth-order valence-electron chi connectivity index (χ4n) is 3.90. The van der Waals surface area contributed by atoms with Gasteiger partial charge in [-0.05, 0) is 28.7 Å². The summed E-state index contributed by atoms with van der Waals surface area (Å²) in [5.41, 5.74) is 0.423. The van der Waals surface area contributed by atoms with Crippen LogP contribution in [0.1, 0.15) is 49.9 Å². The van der Waals surface area contributed by atoms with E-state index in [0.29, 0.717) is 12.2 Å². The Morgan fingerprint density at radius 1 is 1.15 bits per heavy atom. The minimum absolute atomic E-state index is 0.0254. The zero-order valence-electron chi connectivity index (χ0n) is 19.6. The Hall–Kier alpha value is -3.33. The molecule has 1 aliphatic heterocycles. The maximum Gasteiger partial charge on any atom is 0.251 e. The van der Waals surface area contributed by atoms with Gasteiger partial charge in [0.05, 0.1) is 12.5 Å². The van der Waals surface area contributed by atoms with Gasteiger partial charge < -0.3 is 20.7 Å². The number of carbonyl (C=O) groups excluding carboxylic acids is 3. The van der Waals surface area contributed by atoms with Crippen LogP contribution in [0.15, 0.2) is 36.4 Å². The predicted molar refractivity (Wildman–Crippen MR) is 123 cm³/mol. The van der Waals surface area contributed by atoms with E-state index in [0.717, 1.165) is 17.7 Å². The summed E-state index contributed by atoms with van der Waals surface area (Å²) in [6.07, 6.45) is 0.0254. The molecule has 1 fully saturated rings. The standard InChI is InChI=1S/C25H29F2N3O4/c1-25(2,3)21-18(26)10-17(11-19(21)27)29-24(33)22(15-7-5-14(6-8-15)13-34-4)30-23(32)16-9-20(31)28-12-16/h5-8,10-11,16,22H,9,12-13H2,1-4H3,(H,28,31)(H,29,33)(H,30,32)/t16?,22-/m1/s1. The molecule has 34 heavy (non-hydrogen) atoms. The van der Waals surface area contributed by atoms with E-state index in [9.17, 15) is 23.2 Å². The smallest absolute Gasteiger partial charge is 0.251 e. The highest BCUT2D eigenvalue weighted by molar-refractivity contribution is 5.99. The van der Waals surface area contributed by atoms with Gasteiger partial charge in [-0.15, -0.1) is 0 Å². The fourth-order valence-corrected chi connectivity index (χ4v) is 3.90. The van der Waals surface area contributed by atoms with Gasteiger partial charge in [0.25, 0.3) is 5.91 Å². The quantitative estimate of drug-likeness (QED) is 0.575. The summed E-state index contributed by atoms with van der Waals surface area (Å²) in [4.78, 5) is 37.4. The number of hydrogen-bond acceptors (Lipinski definition) is 4. The first kappa shape index (κ1) is 25.3. The Balaban J connectivity index is 1.87. The van der Waals surface area contributed by atoms with Crippen LogP contribution in [0.4, 0.5) is 14.5 Å². The van der Waals surface area contributed by atoms with Crippen molar-refractivity contribution >= 4 is 23.4 Å². The molecule has 1 aliphatic rings. The van der Waals surface area contributed by atoms with Crippen LogP contribution in [0, 0.1) is 17.6 Å². The summed E-state index contributed by atoms with van der Waals surface area (Å²) < 4.78 is 34.4. The van der Waals surface area contributed by atoms with Gasteiger partial charge in [-0.25, -0.2) is 8.78 Å². The van der Waals surface area contributed by atoms with E-state index >= 15 is 0 Å². The molecule has 3 rings (SSSR count). The number of ether oxygens (including phenoxy) is 1. The molecule has 7 nitrogen and oxygen atoms in total. The van der Waals surface area contributed by atoms with Crippen molar-refractivity contribution in [2.75, 3.05) is 19.0 Å². The first-order chi connectivity index (χ1) is 16.0. The number of hydrogen-bond donors (Lipinski definition) is 3. The second-order valence-electron chi connectivity index (χ2n) is 9.38. The zero-order chi connectivity index (χ0) is 25.0. The Kier molecular flexibility index (Phi) is 7.66. The molecule has 9 heteroatoms. The molecule has 182 valence electrons. The summed E-state index contributed by atoms with van der Waals surface area (Å²) in [5.74, 6) is -3.55. The lowest BCUT2D eigenvalue weighted by Crippen LogP contribution is -2.40. The highest BCUT2D eigenvalue weighted by Gasteiger charge is 2.32. The highest BCUT2D eigenvalue weighted by atomic mass is 19.1. The van der Waals surface area contributed by atoms with Crippen molar-refractivity contribution in [3.8, 4) is 0 Å². The maximum absolute atomic E-state index is 14.6. The SMILES string of the molecule is COCc1ccc([C@@H](NC(=O)C2CNC(=O)C2)C(=O)Nc2cc(F)c(C(C)(C)C)c(F)c2)cc1. The summed E-state index contributed by atoms with van der Waals surface area (Å²) in [7, 11) is 1.56. The third-order valence-corrected chi connectivity index (χ3v) is 5.58. The van der Waals surface area contributed by atoms with Gasteiger partial charge in [-0.1, -0.05) is 45.0 Å². The van der Waals surface area contributed by atoms with Crippen molar-refractivity contribution in [2.24, 2.45) is 5.92 Å². The number of benzene rings is 2. The van der Waals surface area contributed by atoms with E-state index < -0.39 is 40.8 Å². The minimum Gasteiger partial charge on any atom is -0.380 e. The number of rotatable bonds is 7. The third kappa shape index (κ3) is 5.96. The van der Waals surface area contributed by atoms with Gasteiger partial charge in [0.2, 0.25) is 11.8 Å². The number of halogens is 2. The lowest BCUT2D eigenvalue weighted by Gasteiger charge is -2.23. The van der Waals surface area contributed by atoms with E-state index in [-0.39, 0.29) is 30.1 Å². The highest BCUT2D eigenvalue weighted by Crippen LogP contribution is 2.30. The van der Waals surface area contributed by atoms with Crippen molar-refractivity contribution < 1.29 is 27.9 Å². The molecule has 0 spiro atoms. The molecule has 0 aliphatic carbocycles. The van der Waals surface area contributed by atoms with Crippen LogP contribution in [0.3, 0.4) is 0 Å². The molecular formula is C25H29F2N3O4. The summed E-state index contributed by atoms with van der Waals surface area (Å²) in [6.45, 7) is 5.62. The van der Waals surface area contributed by atoms with Crippen molar-refractivity contribution in [3.05, 3.63) is 64.7 Å². The van der Waals surface area contributed by atoms with Crippen molar-refractivity contribution in [3.63, 3.8) is 0 Å². The van der Waals surface area contributed by atoms with Gasteiger partial charge in [0.1, 0.15) is 17.7 Å². The van der Waals surface area contributed by atoms with Crippen LogP contribution < -0.4 is 16.0 Å². The summed E-state index contributed by atoms with van der Waals surface area (Å²) in [6, 6.07) is 7.81. The van der Waals surface area contributed by atoms with Crippen LogP contribution in [0.2, 0.25) is 0 Å². The monoisotopic (exact) mass is 473 g/mol. The molecule has 0 saturated carbocycles. The molecule has 0 aromatic heterocycles. The Morgan fingerprint density at radius 2 is 1.76 bits per heavy atom. The maximum atomic E-state index is 14.6. The average Bonchev–Trinajstić information content (AvgIpc) is 3.17. The zero-order valence-corrected chi connectivity index (χ0v) is 19.6. The van der Waals surface area contributed by atoms with Crippen molar-refractivity contribution in [2.45, 2.75) is 45.3 Å². The Morgan fingerprint density at radius 3 is 2.26 bits per heavy atom. The third-order valence-electron chi connectivity index (χ3n) is 5.58. The molecule has 1 saturated heterocycles. The molecule has 1 heterocycles. The van der Waals surface area contributed by atoms with Crippen LogP contribution in [0.25, 0.3) is 0 Å². The van der Waals surface area contributed by atoms with Crippen LogP contribution in [-0.4, -0.2) is 31.4 Å². The molecule has 0 bridgehead atoms. The van der Waals surface area contributed by atoms with E-state index in [4.69, 9.17) is 4.74 Å². The summed E-state index contributed by atoms with van der Waals surface area (Å²) in [5, 5.41) is 7.76. The normalized spacial score (nSPS) is 16.6. The van der Waals surface area contributed by atoms with Crippen LogP contribution in [0.5, 0.6) is 0 Å². The Bertz CT molecular complexity index is 1060. The minimum atomic E-state index is -1.15. The predicted octanol–water partition coefficient (Wildman–Crippen LogP) is 3.34. The fraction of sp³-hybridized carbons (Fsp3) is 0.400. The van der Waals surface area contributed by atoms with Gasteiger partial charge in [0, 0.05) is 31.3 Å². The summed E-state index contributed by atoms with van der Waals surface area (Å²) >= 11 is 0. The number of amides is 3. The molecule has 3 N–H and O–H groups in total. The largest absolute Gasteiger partial charge is 0.380 e. The number of carbonyl (C=O) groups is 3. The first-order valence-corrected chi connectivity index (χ1v) is 10.9. The lowest BCUT2D eigenvalue weighted by atomic mass is 9.86. The molecule has 0 radical (unpaired) electrons. The molecule has 2 aromatic rings.